The van der Waals surface area contributed by atoms with Crippen LogP contribution in [0.1, 0.15) is 28.5 Å². The van der Waals surface area contributed by atoms with Gasteiger partial charge in [-0.05, 0) is 13.8 Å². The molecule has 1 aromatic rings. The van der Waals surface area contributed by atoms with Crippen LogP contribution < -0.4 is 5.73 Å². The quantitative estimate of drug-likeness (QED) is 0.766. The van der Waals surface area contributed by atoms with Crippen molar-refractivity contribution in [3.8, 4) is 0 Å². The molecule has 0 fully saturated rings. The van der Waals surface area contributed by atoms with Gasteiger partial charge in [-0.2, -0.15) is 0 Å². The van der Waals surface area contributed by atoms with E-state index in [9.17, 15) is 4.79 Å². The number of nitrogens with zero attached hydrogens (tertiary/aromatic N) is 1. The third-order valence-corrected chi connectivity index (χ3v) is 2.95. The highest BCUT2D eigenvalue weighted by Gasteiger charge is 2.12. The minimum Gasteiger partial charge on any atom is -0.481 e. The van der Waals surface area contributed by atoms with Gasteiger partial charge in [-0.25, -0.2) is 4.98 Å². The largest absolute Gasteiger partial charge is 0.481 e. The van der Waals surface area contributed by atoms with Gasteiger partial charge in [-0.15, -0.1) is 11.3 Å². The van der Waals surface area contributed by atoms with Crippen LogP contribution in [0.4, 0.5) is 0 Å². The number of hydrogen-bond acceptors (Lipinski definition) is 4. The first-order valence-electron chi connectivity index (χ1n) is 3.94. The maximum atomic E-state index is 10.4. The number of aromatic nitrogens is 1. The molecule has 0 amide bonds. The minimum absolute atomic E-state index is 0.0156. The molecule has 0 aromatic carbocycles. The van der Waals surface area contributed by atoms with Gasteiger partial charge in [0, 0.05) is 10.9 Å². The standard InChI is InChI=1S/C8H12N2O2S/c1-4(9)8-5(2)10-6(13-8)3-7(11)12/h4H,3,9H2,1-2H3,(H,11,12). The SMILES string of the molecule is Cc1nc(CC(=O)O)sc1C(C)N. The first-order valence-corrected chi connectivity index (χ1v) is 4.76. The summed E-state index contributed by atoms with van der Waals surface area (Å²) < 4.78 is 0. The second-order valence-corrected chi connectivity index (χ2v) is 4.03. The Kier molecular flexibility index (Phi) is 3.00. The van der Waals surface area contributed by atoms with E-state index in [1.54, 1.807) is 0 Å². The smallest absolute Gasteiger partial charge is 0.310 e. The number of carbonyl (C=O) groups is 1. The molecule has 0 aliphatic heterocycles. The number of carboxylic acid groups (broad SMARTS) is 1. The number of thiazole rings is 1. The summed E-state index contributed by atoms with van der Waals surface area (Å²) in [5.74, 6) is -0.857. The van der Waals surface area contributed by atoms with Crippen molar-refractivity contribution in [2.75, 3.05) is 0 Å². The van der Waals surface area contributed by atoms with E-state index in [0.717, 1.165) is 10.6 Å². The Labute approximate surface area is 80.4 Å². The van der Waals surface area contributed by atoms with Crippen LogP contribution in [0.25, 0.3) is 0 Å². The van der Waals surface area contributed by atoms with Gasteiger partial charge >= 0.3 is 5.97 Å². The minimum atomic E-state index is -0.857. The van der Waals surface area contributed by atoms with E-state index in [1.807, 2.05) is 13.8 Å². The van der Waals surface area contributed by atoms with E-state index in [-0.39, 0.29) is 12.5 Å². The van der Waals surface area contributed by atoms with Gasteiger partial charge in [-0.1, -0.05) is 0 Å². The van der Waals surface area contributed by atoms with Crippen LogP contribution in [-0.2, 0) is 11.2 Å². The predicted molar refractivity (Wildman–Crippen MR) is 50.8 cm³/mol. The van der Waals surface area contributed by atoms with Crippen LogP contribution in [0.3, 0.4) is 0 Å². The van der Waals surface area contributed by atoms with Gasteiger partial charge in [-0.3, -0.25) is 4.79 Å². The molecule has 1 unspecified atom stereocenters. The van der Waals surface area contributed by atoms with Crippen molar-refractivity contribution in [1.29, 1.82) is 0 Å². The summed E-state index contributed by atoms with van der Waals surface area (Å²) in [6, 6.07) is -0.0694. The van der Waals surface area contributed by atoms with Gasteiger partial charge in [0.15, 0.2) is 0 Å². The van der Waals surface area contributed by atoms with Crippen LogP contribution in [0.5, 0.6) is 0 Å². The summed E-state index contributed by atoms with van der Waals surface area (Å²) in [5.41, 5.74) is 6.53. The van der Waals surface area contributed by atoms with Crippen molar-refractivity contribution >= 4 is 17.3 Å². The monoisotopic (exact) mass is 200 g/mol. The lowest BCUT2D eigenvalue weighted by Gasteiger charge is -1.99. The molecular weight excluding hydrogens is 188 g/mol. The number of carboxylic acids is 1. The Morgan fingerprint density at radius 3 is 2.77 bits per heavy atom. The molecule has 13 heavy (non-hydrogen) atoms. The van der Waals surface area contributed by atoms with E-state index >= 15 is 0 Å². The third-order valence-electron chi connectivity index (χ3n) is 1.59. The van der Waals surface area contributed by atoms with Crippen molar-refractivity contribution < 1.29 is 9.90 Å². The highest BCUT2D eigenvalue weighted by Crippen LogP contribution is 2.23. The van der Waals surface area contributed by atoms with Gasteiger partial charge in [0.1, 0.15) is 5.01 Å². The maximum Gasteiger partial charge on any atom is 0.310 e. The normalized spacial score (nSPS) is 12.8. The molecule has 3 N–H and O–H groups in total. The molecule has 1 aromatic heterocycles. The van der Waals surface area contributed by atoms with Crippen molar-refractivity contribution in [2.45, 2.75) is 26.3 Å². The zero-order valence-corrected chi connectivity index (χ0v) is 8.39. The van der Waals surface area contributed by atoms with Crippen LogP contribution in [0.2, 0.25) is 0 Å². The average molecular weight is 200 g/mol. The van der Waals surface area contributed by atoms with Crippen molar-refractivity contribution in [3.63, 3.8) is 0 Å². The molecule has 0 aliphatic carbocycles. The zero-order chi connectivity index (χ0) is 10.0. The number of nitrogens with two attached hydrogens (primary N) is 1. The molecule has 0 aliphatic rings. The molecule has 1 atom stereocenters. The molecule has 4 nitrogen and oxygen atoms in total. The van der Waals surface area contributed by atoms with Crippen LogP contribution in [-0.4, -0.2) is 16.1 Å². The molecule has 5 heteroatoms. The second kappa shape index (κ2) is 3.85. The highest BCUT2D eigenvalue weighted by atomic mass is 32.1. The van der Waals surface area contributed by atoms with Gasteiger partial charge in [0.05, 0.1) is 12.1 Å². The Morgan fingerprint density at radius 1 is 1.77 bits per heavy atom. The van der Waals surface area contributed by atoms with Crippen molar-refractivity contribution in [2.24, 2.45) is 5.73 Å². The summed E-state index contributed by atoms with van der Waals surface area (Å²) in [6.07, 6.45) is -0.0156. The highest BCUT2D eigenvalue weighted by molar-refractivity contribution is 7.11. The summed E-state index contributed by atoms with van der Waals surface area (Å²) in [4.78, 5) is 15.5. The lowest BCUT2D eigenvalue weighted by atomic mass is 10.2. The van der Waals surface area contributed by atoms with E-state index < -0.39 is 5.97 Å². The Hall–Kier alpha value is -0.940. The van der Waals surface area contributed by atoms with E-state index in [2.05, 4.69) is 4.98 Å². The molecule has 1 heterocycles. The summed E-state index contributed by atoms with van der Waals surface area (Å²) >= 11 is 1.38. The number of aryl methyl sites for hydroxylation is 1. The first-order chi connectivity index (χ1) is 6.00. The van der Waals surface area contributed by atoms with Gasteiger partial charge < -0.3 is 10.8 Å². The Morgan fingerprint density at radius 2 is 2.38 bits per heavy atom. The molecular formula is C8H12N2O2S. The lowest BCUT2D eigenvalue weighted by molar-refractivity contribution is -0.136. The Balaban J connectivity index is 2.88. The first kappa shape index (κ1) is 10.1. The molecule has 72 valence electrons. The number of hydrogen-bond donors (Lipinski definition) is 2. The van der Waals surface area contributed by atoms with E-state index in [1.165, 1.54) is 11.3 Å². The Bertz CT molecular complexity index is 320. The fourth-order valence-corrected chi connectivity index (χ4v) is 2.10. The summed E-state index contributed by atoms with van der Waals surface area (Å²) in [7, 11) is 0. The molecule has 0 spiro atoms. The number of aliphatic carboxylic acids is 1. The van der Waals surface area contributed by atoms with Crippen molar-refractivity contribution in [3.05, 3.63) is 15.6 Å². The maximum absolute atomic E-state index is 10.4. The lowest BCUT2D eigenvalue weighted by Crippen LogP contribution is -2.03. The van der Waals surface area contributed by atoms with Gasteiger partial charge in [0.2, 0.25) is 0 Å². The molecule has 0 bridgehead atoms. The fraction of sp³-hybridized carbons (Fsp3) is 0.500. The van der Waals surface area contributed by atoms with Crippen molar-refractivity contribution in [1.82, 2.24) is 4.98 Å². The van der Waals surface area contributed by atoms with E-state index in [0.29, 0.717) is 5.01 Å². The van der Waals surface area contributed by atoms with Crippen LogP contribution in [0, 0.1) is 6.92 Å². The van der Waals surface area contributed by atoms with E-state index in [4.69, 9.17) is 10.8 Å². The fourth-order valence-electron chi connectivity index (χ4n) is 1.09. The molecule has 0 saturated heterocycles. The van der Waals surface area contributed by atoms with Gasteiger partial charge in [0.25, 0.3) is 0 Å². The summed E-state index contributed by atoms with van der Waals surface area (Å²) in [5, 5.41) is 9.16. The molecule has 0 saturated carbocycles. The topological polar surface area (TPSA) is 76.2 Å². The van der Waals surface area contributed by atoms with Crippen LogP contribution >= 0.6 is 11.3 Å². The zero-order valence-electron chi connectivity index (χ0n) is 7.57. The number of rotatable bonds is 3. The van der Waals surface area contributed by atoms with Crippen LogP contribution in [0.15, 0.2) is 0 Å². The predicted octanol–water partition coefficient (Wildman–Crippen LogP) is 1.10. The molecule has 0 radical (unpaired) electrons. The second-order valence-electron chi connectivity index (χ2n) is 2.92. The molecule has 1 rings (SSSR count). The summed E-state index contributed by atoms with van der Waals surface area (Å²) in [6.45, 7) is 3.71. The average Bonchev–Trinajstić information content (AvgIpc) is 2.29. The third kappa shape index (κ3) is 2.50.